The number of nitrogens with zero attached hydrogens (tertiary/aromatic N) is 1. The van der Waals surface area contributed by atoms with Gasteiger partial charge in [-0.1, -0.05) is 61.4 Å². The normalized spacial score (nSPS) is 20.3. The highest BCUT2D eigenvalue weighted by Crippen LogP contribution is 2.44. The van der Waals surface area contributed by atoms with Crippen molar-refractivity contribution in [3.63, 3.8) is 0 Å². The number of carboxylic acid groups (broad SMARTS) is 1. The molecule has 0 radical (unpaired) electrons. The maximum atomic E-state index is 13.4. The molecule has 2 aromatic carbocycles. The lowest BCUT2D eigenvalue weighted by Gasteiger charge is -2.32. The van der Waals surface area contributed by atoms with Gasteiger partial charge in [-0.3, -0.25) is 9.59 Å². The highest BCUT2D eigenvalue weighted by Gasteiger charge is 2.39. The van der Waals surface area contributed by atoms with E-state index in [1.807, 2.05) is 41.3 Å². The van der Waals surface area contributed by atoms with Crippen molar-refractivity contribution in [2.75, 3.05) is 13.2 Å². The minimum Gasteiger partial charge on any atom is -0.481 e. The fraction of sp³-hybridized carbons (Fsp3) is 0.464. The van der Waals surface area contributed by atoms with Gasteiger partial charge in [0.25, 0.3) is 0 Å². The first-order chi connectivity index (χ1) is 17.0. The van der Waals surface area contributed by atoms with Gasteiger partial charge in [0.1, 0.15) is 12.6 Å². The quantitative estimate of drug-likeness (QED) is 0.611. The van der Waals surface area contributed by atoms with E-state index in [0.29, 0.717) is 12.5 Å². The maximum absolute atomic E-state index is 13.4. The smallest absolute Gasteiger partial charge is 0.407 e. The summed E-state index contributed by atoms with van der Waals surface area (Å²) in [5, 5.41) is 12.0. The summed E-state index contributed by atoms with van der Waals surface area (Å²) in [6, 6.07) is 15.1. The van der Waals surface area contributed by atoms with Gasteiger partial charge in [0.15, 0.2) is 0 Å². The molecule has 2 amide bonds. The molecule has 1 aliphatic heterocycles. The van der Waals surface area contributed by atoms with E-state index < -0.39 is 24.5 Å². The number of rotatable bonds is 7. The lowest BCUT2D eigenvalue weighted by molar-refractivity contribution is -0.143. The zero-order valence-corrected chi connectivity index (χ0v) is 19.8. The fourth-order valence-corrected chi connectivity index (χ4v) is 6.26. The number of aliphatic carboxylic acids is 1. The van der Waals surface area contributed by atoms with Crippen molar-refractivity contribution < 1.29 is 24.2 Å². The Labute approximate surface area is 205 Å². The number of benzene rings is 2. The molecule has 1 saturated carbocycles. The summed E-state index contributed by atoms with van der Waals surface area (Å²) < 4.78 is 5.58. The first kappa shape index (κ1) is 23.4. The topological polar surface area (TPSA) is 95.9 Å². The average Bonchev–Trinajstić information content (AvgIpc) is 3.61. The first-order valence-corrected chi connectivity index (χ1v) is 12.7. The number of carbonyl (C=O) groups is 3. The Morgan fingerprint density at radius 1 is 0.943 bits per heavy atom. The molecule has 7 heteroatoms. The molecule has 35 heavy (non-hydrogen) atoms. The number of alkyl carbamates (subject to hydrolysis) is 1. The van der Waals surface area contributed by atoms with Gasteiger partial charge in [0, 0.05) is 18.5 Å². The van der Waals surface area contributed by atoms with Gasteiger partial charge in [-0.25, -0.2) is 4.79 Å². The summed E-state index contributed by atoms with van der Waals surface area (Å²) in [6.07, 6.45) is 5.22. The van der Waals surface area contributed by atoms with E-state index in [0.717, 1.165) is 47.9 Å². The molecule has 2 N–H and O–H groups in total. The minimum absolute atomic E-state index is 0.105. The number of fused-ring (bicyclic) bond motifs is 3. The highest BCUT2D eigenvalue weighted by molar-refractivity contribution is 5.89. The van der Waals surface area contributed by atoms with Gasteiger partial charge in [0.05, 0.1) is 6.42 Å². The molecule has 3 aliphatic rings. The van der Waals surface area contributed by atoms with Crippen molar-refractivity contribution in [3.8, 4) is 11.1 Å². The Balaban J connectivity index is 1.26. The van der Waals surface area contributed by atoms with Crippen molar-refractivity contribution in [2.45, 2.75) is 62.9 Å². The third kappa shape index (κ3) is 4.77. The molecule has 1 saturated heterocycles. The molecular weight excluding hydrogens is 444 g/mol. The summed E-state index contributed by atoms with van der Waals surface area (Å²) in [5.74, 6) is -1.07. The molecule has 184 valence electrons. The van der Waals surface area contributed by atoms with Crippen LogP contribution >= 0.6 is 0 Å². The van der Waals surface area contributed by atoms with Gasteiger partial charge in [-0.2, -0.15) is 0 Å². The lowest BCUT2D eigenvalue weighted by Crippen LogP contribution is -2.52. The third-order valence-corrected chi connectivity index (χ3v) is 7.84. The van der Waals surface area contributed by atoms with Crippen molar-refractivity contribution >= 4 is 18.0 Å². The van der Waals surface area contributed by atoms with Crippen LogP contribution in [0.25, 0.3) is 11.1 Å². The van der Waals surface area contributed by atoms with Crippen LogP contribution in [-0.4, -0.2) is 53.2 Å². The Kier molecular flexibility index (Phi) is 6.75. The number of hydrogen-bond acceptors (Lipinski definition) is 4. The van der Waals surface area contributed by atoms with Crippen molar-refractivity contribution in [1.29, 1.82) is 0 Å². The predicted octanol–water partition coefficient (Wildman–Crippen LogP) is 4.55. The summed E-state index contributed by atoms with van der Waals surface area (Å²) >= 11 is 0. The molecule has 2 unspecified atom stereocenters. The standard InChI is InChI=1S/C28H32N2O5/c31-26(32)16-24(27(33)30-15-7-14-25(30)18-8-1-2-9-18)29-28(34)35-17-23-21-12-5-3-10-19(21)20-11-4-6-13-22(20)23/h3-6,10-13,18,23-25H,1-2,7-9,14-17H2,(H,29,34)(H,31,32). The Morgan fingerprint density at radius 3 is 2.20 bits per heavy atom. The Hall–Kier alpha value is -3.35. The monoisotopic (exact) mass is 476 g/mol. The van der Waals surface area contributed by atoms with Crippen LogP contribution in [0.3, 0.4) is 0 Å². The average molecular weight is 477 g/mol. The van der Waals surface area contributed by atoms with Gasteiger partial charge >= 0.3 is 12.1 Å². The largest absolute Gasteiger partial charge is 0.481 e. The number of likely N-dealkylation sites (tertiary alicyclic amines) is 1. The molecule has 0 spiro atoms. The molecule has 0 bridgehead atoms. The summed E-state index contributed by atoms with van der Waals surface area (Å²) in [5.41, 5.74) is 4.44. The second-order valence-electron chi connectivity index (χ2n) is 9.91. The van der Waals surface area contributed by atoms with Crippen molar-refractivity contribution in [2.24, 2.45) is 5.92 Å². The maximum Gasteiger partial charge on any atom is 0.407 e. The van der Waals surface area contributed by atoms with E-state index in [1.54, 1.807) is 0 Å². The van der Waals surface area contributed by atoms with Crippen LogP contribution in [0.1, 0.15) is 62.0 Å². The number of ether oxygens (including phenoxy) is 1. The summed E-state index contributed by atoms with van der Waals surface area (Å²) in [6.45, 7) is 0.727. The molecule has 2 aromatic rings. The lowest BCUT2D eigenvalue weighted by atomic mass is 9.95. The highest BCUT2D eigenvalue weighted by atomic mass is 16.5. The molecule has 2 atom stereocenters. The number of carbonyl (C=O) groups excluding carboxylic acids is 2. The van der Waals surface area contributed by atoms with E-state index in [2.05, 4.69) is 17.4 Å². The summed E-state index contributed by atoms with van der Waals surface area (Å²) in [4.78, 5) is 39.5. The zero-order chi connectivity index (χ0) is 24.4. The van der Waals surface area contributed by atoms with Crippen LogP contribution in [0, 0.1) is 5.92 Å². The predicted molar refractivity (Wildman–Crippen MR) is 131 cm³/mol. The number of nitrogens with one attached hydrogen (secondary N) is 1. The molecule has 0 aromatic heterocycles. The van der Waals surface area contributed by atoms with Crippen LogP contribution in [0.2, 0.25) is 0 Å². The Bertz CT molecular complexity index is 1060. The van der Waals surface area contributed by atoms with E-state index >= 15 is 0 Å². The van der Waals surface area contributed by atoms with Crippen LogP contribution in [-0.2, 0) is 14.3 Å². The molecule has 1 heterocycles. The molecule has 5 rings (SSSR count). The first-order valence-electron chi connectivity index (χ1n) is 12.7. The second kappa shape index (κ2) is 10.1. The molecular formula is C28H32N2O5. The SMILES string of the molecule is O=C(O)CC(NC(=O)OCC1c2ccccc2-c2ccccc21)C(=O)N1CCCC1C1CCCC1. The Morgan fingerprint density at radius 2 is 1.57 bits per heavy atom. The van der Waals surface area contributed by atoms with E-state index in [4.69, 9.17) is 4.74 Å². The number of amides is 2. The van der Waals surface area contributed by atoms with E-state index in [1.165, 1.54) is 12.8 Å². The summed E-state index contributed by atoms with van der Waals surface area (Å²) in [7, 11) is 0. The number of carboxylic acids is 1. The zero-order valence-electron chi connectivity index (χ0n) is 19.8. The minimum atomic E-state index is -1.13. The molecule has 2 fully saturated rings. The third-order valence-electron chi connectivity index (χ3n) is 7.84. The van der Waals surface area contributed by atoms with Gasteiger partial charge in [0.2, 0.25) is 5.91 Å². The van der Waals surface area contributed by atoms with Crippen LogP contribution < -0.4 is 5.32 Å². The molecule has 2 aliphatic carbocycles. The van der Waals surface area contributed by atoms with Gasteiger partial charge in [-0.05, 0) is 53.9 Å². The fourth-order valence-electron chi connectivity index (χ4n) is 6.26. The van der Waals surface area contributed by atoms with Crippen molar-refractivity contribution in [1.82, 2.24) is 10.2 Å². The second-order valence-corrected chi connectivity index (χ2v) is 9.91. The van der Waals surface area contributed by atoms with Crippen molar-refractivity contribution in [3.05, 3.63) is 59.7 Å². The van der Waals surface area contributed by atoms with Gasteiger partial charge in [-0.15, -0.1) is 0 Å². The van der Waals surface area contributed by atoms with Crippen LogP contribution in [0.15, 0.2) is 48.5 Å². The number of hydrogen-bond donors (Lipinski definition) is 2. The van der Waals surface area contributed by atoms with Crippen LogP contribution in [0.4, 0.5) is 4.79 Å². The van der Waals surface area contributed by atoms with Crippen LogP contribution in [0.5, 0.6) is 0 Å². The van der Waals surface area contributed by atoms with Gasteiger partial charge < -0.3 is 20.1 Å². The van der Waals surface area contributed by atoms with E-state index in [9.17, 15) is 19.5 Å². The van der Waals surface area contributed by atoms with E-state index in [-0.39, 0.29) is 24.5 Å². The molecule has 7 nitrogen and oxygen atoms in total.